The van der Waals surface area contributed by atoms with Crippen molar-refractivity contribution in [2.24, 2.45) is 0 Å². The van der Waals surface area contributed by atoms with Gasteiger partial charge in [-0.05, 0) is 20.5 Å². The Labute approximate surface area is 43.0 Å². The van der Waals surface area contributed by atoms with Crippen LogP contribution in [0.15, 0.2) is 0 Å². The van der Waals surface area contributed by atoms with Crippen LogP contribution in [-0.4, -0.2) is 10.3 Å². The third kappa shape index (κ3) is 1.12. The summed E-state index contributed by atoms with van der Waals surface area (Å²) in [5.74, 6) is 0. The molecule has 0 aliphatic carbocycles. The van der Waals surface area contributed by atoms with E-state index in [1.54, 1.807) is 12.9 Å². The van der Waals surface area contributed by atoms with Crippen molar-refractivity contribution in [3.63, 3.8) is 0 Å². The fourth-order valence-electron chi connectivity index (χ4n) is 0.196. The second-order valence-corrected chi connectivity index (χ2v) is 5.10. The summed E-state index contributed by atoms with van der Waals surface area (Å²) in [6, 6.07) is 0. The molecule has 1 rings (SSSR count). The van der Waals surface area contributed by atoms with Crippen molar-refractivity contribution in [2.75, 3.05) is 0 Å². The highest BCUT2D eigenvalue weighted by molar-refractivity contribution is 8.40. The first-order valence-electron chi connectivity index (χ1n) is 1.70. The molecule has 0 aromatic carbocycles. The molecule has 0 fully saturated rings. The van der Waals surface area contributed by atoms with Crippen LogP contribution in [0, 0.1) is 0 Å². The van der Waals surface area contributed by atoms with Crippen LogP contribution in [0.1, 0.15) is 6.92 Å². The van der Waals surface area contributed by atoms with E-state index < -0.39 is 0 Å². The molecule has 6 heavy (non-hydrogen) atoms. The molecule has 1 aliphatic rings. The third-order valence-corrected chi connectivity index (χ3v) is 3.79. The van der Waals surface area contributed by atoms with E-state index in [0.717, 1.165) is 8.27 Å². The molecule has 1 atom stereocenters. The van der Waals surface area contributed by atoms with Crippen molar-refractivity contribution in [3.05, 3.63) is 0 Å². The van der Waals surface area contributed by atoms with Gasteiger partial charge in [0, 0.05) is 5.03 Å². The fourth-order valence-corrected chi connectivity index (χ4v) is 2.77. The van der Waals surface area contributed by atoms with E-state index in [9.17, 15) is 0 Å². The Balaban J connectivity index is 2.52. The van der Waals surface area contributed by atoms with Crippen LogP contribution in [0.2, 0.25) is 0 Å². The van der Waals surface area contributed by atoms with Gasteiger partial charge in [0.05, 0.1) is 0 Å². The highest BCUT2D eigenvalue weighted by atomic mass is 32.0. The zero-order valence-electron chi connectivity index (χ0n) is 3.45. The minimum Gasteiger partial charge on any atom is -0.118 e. The molecule has 32 valence electrons. The summed E-state index contributed by atoms with van der Waals surface area (Å²) in [6.07, 6.45) is 0. The summed E-state index contributed by atoms with van der Waals surface area (Å²) >= 11 is 0. The van der Waals surface area contributed by atoms with Gasteiger partial charge in [0.2, 0.25) is 0 Å². The molecular weight excluding hydrogens is 129 g/mol. The minimum absolute atomic E-state index is 1.11. The Morgan fingerprint density at radius 2 is 2.50 bits per heavy atom. The van der Waals surface area contributed by atoms with Gasteiger partial charge in [-0.2, -0.15) is 0 Å². The van der Waals surface area contributed by atoms with Crippen molar-refractivity contribution >= 4 is 35.4 Å². The van der Waals surface area contributed by atoms with E-state index in [0.29, 0.717) is 0 Å². The molecule has 0 nitrogen and oxygen atoms in total. The average molecular weight is 134 g/mol. The van der Waals surface area contributed by atoms with Gasteiger partial charge in [-0.25, -0.2) is 0 Å². The Morgan fingerprint density at radius 3 is 2.50 bits per heavy atom. The van der Waals surface area contributed by atoms with Gasteiger partial charge in [0.1, 0.15) is 0 Å². The largest absolute Gasteiger partial charge is 0.118 e. The molecule has 0 aromatic heterocycles. The van der Waals surface area contributed by atoms with E-state index in [4.69, 9.17) is 0 Å². The topological polar surface area (TPSA) is 0 Å². The van der Waals surface area contributed by atoms with E-state index >= 15 is 0 Å². The third-order valence-electron chi connectivity index (χ3n) is 0.579. The van der Waals surface area contributed by atoms with Crippen molar-refractivity contribution < 1.29 is 0 Å². The molecule has 0 bridgehead atoms. The number of rotatable bonds is 1. The summed E-state index contributed by atoms with van der Waals surface area (Å²) in [7, 11) is 6.08. The van der Waals surface area contributed by atoms with Gasteiger partial charge in [0.25, 0.3) is 0 Å². The molecule has 0 spiro atoms. The fraction of sp³-hybridized carbons (Fsp3) is 0.333. The smallest absolute Gasteiger partial charge is 0.0157 e. The second kappa shape index (κ2) is 1.71. The quantitative estimate of drug-likeness (QED) is 0.481. The molecule has 0 aromatic rings. The Bertz CT molecular complexity index is 113. The van der Waals surface area contributed by atoms with Crippen LogP contribution in [0.4, 0.5) is 0 Å². The first-order valence-corrected chi connectivity index (χ1v) is 4.93. The van der Waals surface area contributed by atoms with Gasteiger partial charge < -0.3 is 0 Å². The van der Waals surface area contributed by atoms with Crippen molar-refractivity contribution in [1.29, 1.82) is 0 Å². The van der Waals surface area contributed by atoms with Crippen molar-refractivity contribution in [1.82, 2.24) is 0 Å². The van der Waals surface area contributed by atoms with Gasteiger partial charge in [-0.15, -0.1) is 8.86 Å². The molecule has 1 heterocycles. The van der Waals surface area contributed by atoms with Crippen LogP contribution < -0.4 is 0 Å². The molecule has 0 amide bonds. The second-order valence-electron chi connectivity index (χ2n) is 1.20. The monoisotopic (exact) mass is 134 g/mol. The summed E-state index contributed by atoms with van der Waals surface area (Å²) in [6.45, 7) is 2.10. The van der Waals surface area contributed by atoms with Crippen LogP contribution in [0.5, 0.6) is 0 Å². The zero-order valence-corrected chi connectivity index (χ0v) is 6.34. The molecule has 0 saturated carbocycles. The van der Waals surface area contributed by atoms with Gasteiger partial charge >= 0.3 is 0 Å². The normalized spacial score (nSPS) is 23.2. The highest BCUT2D eigenvalue weighted by Gasteiger charge is 2.07. The van der Waals surface area contributed by atoms with Crippen LogP contribution >= 0.6 is 25.0 Å². The lowest BCUT2D eigenvalue weighted by atomic mass is 10.6. The van der Waals surface area contributed by atoms with Crippen molar-refractivity contribution in [2.45, 2.75) is 6.92 Å². The SMILES string of the molecule is CC(=P)C1=PP1. The van der Waals surface area contributed by atoms with E-state index in [-0.39, 0.29) is 0 Å². The van der Waals surface area contributed by atoms with E-state index in [1.807, 2.05) is 0 Å². The predicted molar refractivity (Wildman–Crippen MR) is 39.2 cm³/mol. The maximum atomic E-state index is 3.43. The van der Waals surface area contributed by atoms with Crippen LogP contribution in [0.25, 0.3) is 0 Å². The molecule has 1 aliphatic heterocycles. The molecule has 0 radical (unpaired) electrons. The summed E-state index contributed by atoms with van der Waals surface area (Å²) in [5.41, 5.74) is 0. The summed E-state index contributed by atoms with van der Waals surface area (Å²) < 4.78 is 0. The minimum atomic E-state index is 1.11. The molecule has 3 heteroatoms. The molecule has 0 saturated heterocycles. The Hall–Kier alpha value is 0.770. The van der Waals surface area contributed by atoms with Crippen LogP contribution in [-0.2, 0) is 0 Å². The maximum Gasteiger partial charge on any atom is 0.0157 e. The highest BCUT2D eigenvalue weighted by Crippen LogP contribution is 2.50. The summed E-state index contributed by atoms with van der Waals surface area (Å²) in [5, 5.41) is 2.93. The standard InChI is InChI=1S/C3H5P3/c1-2(4)3-5-6-3/h4-5H,1H3. The Kier molecular flexibility index (Phi) is 1.40. The lowest BCUT2D eigenvalue weighted by Gasteiger charge is -1.75. The predicted octanol–water partition coefficient (Wildman–Crippen LogP) is 2.00. The number of hydrogen-bond donors (Lipinski definition) is 0. The first-order chi connectivity index (χ1) is 2.80. The maximum absolute atomic E-state index is 3.43. The van der Waals surface area contributed by atoms with Crippen LogP contribution in [0.3, 0.4) is 0 Å². The van der Waals surface area contributed by atoms with E-state index in [1.165, 1.54) is 5.29 Å². The van der Waals surface area contributed by atoms with Gasteiger partial charge in [0.15, 0.2) is 0 Å². The van der Waals surface area contributed by atoms with Gasteiger partial charge in [-0.3, -0.25) is 0 Å². The van der Waals surface area contributed by atoms with Gasteiger partial charge in [-0.1, -0.05) is 7.89 Å². The first kappa shape index (κ1) is 4.92. The zero-order chi connectivity index (χ0) is 4.57. The molecular formula is C3H5P3. The lowest BCUT2D eigenvalue weighted by Crippen LogP contribution is -1.84. The average Bonchev–Trinajstić information content (AvgIpc) is 2.06. The van der Waals surface area contributed by atoms with Crippen molar-refractivity contribution in [3.8, 4) is 0 Å². The summed E-state index contributed by atoms with van der Waals surface area (Å²) in [4.78, 5) is 0. The lowest BCUT2D eigenvalue weighted by molar-refractivity contribution is 2.09. The molecule has 0 N–H and O–H groups in total. The number of hydrogen-bond acceptors (Lipinski definition) is 0. The Morgan fingerprint density at radius 1 is 2.00 bits per heavy atom. The van der Waals surface area contributed by atoms with E-state index in [2.05, 4.69) is 15.8 Å². The molecule has 1 unspecified atom stereocenters.